The maximum absolute atomic E-state index is 12.5. The van der Waals surface area contributed by atoms with Crippen LogP contribution in [-0.4, -0.2) is 40.6 Å². The van der Waals surface area contributed by atoms with Crippen LogP contribution >= 0.6 is 11.8 Å². The standard InChI is InChI=1S/C14H26N2OS/c1-9(2)13-14(17)16(10(3)15-13)11-6-5-7-12(8-11)18-4/h9-13,15H,5-8H2,1-4H3. The van der Waals surface area contributed by atoms with Crippen molar-refractivity contribution in [2.75, 3.05) is 6.26 Å². The molecule has 0 bridgehead atoms. The van der Waals surface area contributed by atoms with E-state index in [0.717, 1.165) is 5.25 Å². The fraction of sp³-hybridized carbons (Fsp3) is 0.929. The predicted octanol–water partition coefficient (Wildman–Crippen LogP) is 2.46. The third-order valence-corrected chi connectivity index (χ3v) is 5.45. The summed E-state index contributed by atoms with van der Waals surface area (Å²) in [4.78, 5) is 14.6. The molecule has 1 amide bonds. The summed E-state index contributed by atoms with van der Waals surface area (Å²) < 4.78 is 0. The lowest BCUT2D eigenvalue weighted by Gasteiger charge is -2.36. The first-order chi connectivity index (χ1) is 8.54. The highest BCUT2D eigenvalue weighted by atomic mass is 32.2. The predicted molar refractivity (Wildman–Crippen MR) is 77.6 cm³/mol. The van der Waals surface area contributed by atoms with E-state index in [1.807, 2.05) is 11.8 Å². The van der Waals surface area contributed by atoms with Crippen molar-refractivity contribution >= 4 is 17.7 Å². The molecular formula is C14H26N2OS. The number of nitrogens with zero attached hydrogens (tertiary/aromatic N) is 1. The minimum atomic E-state index is 0.0228. The van der Waals surface area contributed by atoms with Gasteiger partial charge in [-0.05, 0) is 38.4 Å². The van der Waals surface area contributed by atoms with Crippen molar-refractivity contribution in [1.29, 1.82) is 0 Å². The zero-order chi connectivity index (χ0) is 13.3. The monoisotopic (exact) mass is 270 g/mol. The number of amides is 1. The zero-order valence-electron chi connectivity index (χ0n) is 12.0. The van der Waals surface area contributed by atoms with Gasteiger partial charge in [-0.2, -0.15) is 11.8 Å². The molecule has 2 aliphatic rings. The smallest absolute Gasteiger partial charge is 0.241 e. The van der Waals surface area contributed by atoms with E-state index in [4.69, 9.17) is 0 Å². The fourth-order valence-corrected chi connectivity index (χ4v) is 4.14. The second-order valence-corrected chi connectivity index (χ2v) is 7.13. The van der Waals surface area contributed by atoms with Gasteiger partial charge in [-0.15, -0.1) is 0 Å². The molecule has 0 aromatic carbocycles. The molecular weight excluding hydrogens is 244 g/mol. The molecule has 1 aliphatic carbocycles. The van der Waals surface area contributed by atoms with E-state index in [9.17, 15) is 4.79 Å². The van der Waals surface area contributed by atoms with Crippen LogP contribution in [-0.2, 0) is 4.79 Å². The molecule has 4 unspecified atom stereocenters. The van der Waals surface area contributed by atoms with Gasteiger partial charge >= 0.3 is 0 Å². The molecule has 1 aliphatic heterocycles. The van der Waals surface area contributed by atoms with Crippen molar-refractivity contribution in [1.82, 2.24) is 10.2 Å². The highest BCUT2D eigenvalue weighted by molar-refractivity contribution is 7.99. The van der Waals surface area contributed by atoms with Gasteiger partial charge in [0, 0.05) is 11.3 Å². The van der Waals surface area contributed by atoms with Crippen molar-refractivity contribution in [2.45, 2.75) is 70.0 Å². The van der Waals surface area contributed by atoms with Gasteiger partial charge in [-0.3, -0.25) is 10.1 Å². The van der Waals surface area contributed by atoms with Crippen molar-refractivity contribution in [3.8, 4) is 0 Å². The number of nitrogens with one attached hydrogen (secondary N) is 1. The van der Waals surface area contributed by atoms with Crippen LogP contribution in [0.1, 0.15) is 46.5 Å². The Labute approximate surface area is 115 Å². The maximum atomic E-state index is 12.5. The molecule has 104 valence electrons. The Bertz CT molecular complexity index is 308. The van der Waals surface area contributed by atoms with Gasteiger partial charge in [-0.25, -0.2) is 0 Å². The van der Waals surface area contributed by atoms with Crippen LogP contribution in [0.25, 0.3) is 0 Å². The normalized spacial score (nSPS) is 37.6. The van der Waals surface area contributed by atoms with Gasteiger partial charge in [0.15, 0.2) is 0 Å². The molecule has 1 heterocycles. The zero-order valence-corrected chi connectivity index (χ0v) is 12.8. The van der Waals surface area contributed by atoms with Gasteiger partial charge in [0.1, 0.15) is 0 Å². The Balaban J connectivity index is 2.05. The number of hydrogen-bond acceptors (Lipinski definition) is 3. The third kappa shape index (κ3) is 2.69. The van der Waals surface area contributed by atoms with E-state index in [1.165, 1.54) is 25.7 Å². The first-order valence-electron chi connectivity index (χ1n) is 7.15. The summed E-state index contributed by atoms with van der Waals surface area (Å²) in [6, 6.07) is 0.476. The summed E-state index contributed by atoms with van der Waals surface area (Å²) in [5.41, 5.74) is 0. The van der Waals surface area contributed by atoms with Gasteiger partial charge in [0.05, 0.1) is 12.2 Å². The van der Waals surface area contributed by atoms with Gasteiger partial charge < -0.3 is 4.90 Å². The Morgan fingerprint density at radius 3 is 2.67 bits per heavy atom. The summed E-state index contributed by atoms with van der Waals surface area (Å²) in [6.07, 6.45) is 7.32. The van der Waals surface area contributed by atoms with E-state index >= 15 is 0 Å². The number of carbonyl (C=O) groups is 1. The Morgan fingerprint density at radius 1 is 1.39 bits per heavy atom. The van der Waals surface area contributed by atoms with E-state index in [1.54, 1.807) is 0 Å². The third-order valence-electron chi connectivity index (χ3n) is 4.35. The molecule has 1 saturated carbocycles. The van der Waals surface area contributed by atoms with E-state index in [0.29, 0.717) is 17.9 Å². The topological polar surface area (TPSA) is 32.3 Å². The molecule has 3 nitrogen and oxygen atoms in total. The van der Waals surface area contributed by atoms with E-state index in [2.05, 4.69) is 37.2 Å². The van der Waals surface area contributed by atoms with Crippen LogP contribution in [0.5, 0.6) is 0 Å². The maximum Gasteiger partial charge on any atom is 0.241 e. The number of thioether (sulfide) groups is 1. The molecule has 0 spiro atoms. The first-order valence-corrected chi connectivity index (χ1v) is 8.44. The SMILES string of the molecule is CSC1CCCC(N2C(=O)C(C(C)C)NC2C)C1. The van der Waals surface area contributed by atoms with Crippen molar-refractivity contribution < 1.29 is 4.79 Å². The van der Waals surface area contributed by atoms with Gasteiger partial charge in [0.2, 0.25) is 5.91 Å². The minimum Gasteiger partial charge on any atom is -0.323 e. The molecule has 0 aromatic rings. The van der Waals surface area contributed by atoms with Crippen molar-refractivity contribution in [3.63, 3.8) is 0 Å². The Kier molecular flexibility index (Phi) is 4.59. The molecule has 1 N–H and O–H groups in total. The lowest BCUT2D eigenvalue weighted by atomic mass is 9.93. The molecule has 4 atom stereocenters. The van der Waals surface area contributed by atoms with Crippen LogP contribution in [0.3, 0.4) is 0 Å². The molecule has 18 heavy (non-hydrogen) atoms. The Hall–Kier alpha value is -0.220. The minimum absolute atomic E-state index is 0.0228. The number of rotatable bonds is 3. The summed E-state index contributed by atoms with van der Waals surface area (Å²) in [5, 5.41) is 4.19. The highest BCUT2D eigenvalue weighted by Gasteiger charge is 2.42. The summed E-state index contributed by atoms with van der Waals surface area (Å²) >= 11 is 1.96. The molecule has 0 radical (unpaired) electrons. The largest absolute Gasteiger partial charge is 0.323 e. The van der Waals surface area contributed by atoms with E-state index in [-0.39, 0.29) is 12.2 Å². The average Bonchev–Trinajstić information content (AvgIpc) is 2.65. The molecule has 2 rings (SSSR count). The van der Waals surface area contributed by atoms with Crippen LogP contribution in [0, 0.1) is 5.92 Å². The van der Waals surface area contributed by atoms with Crippen LogP contribution < -0.4 is 5.32 Å². The Morgan fingerprint density at radius 2 is 2.11 bits per heavy atom. The van der Waals surface area contributed by atoms with E-state index < -0.39 is 0 Å². The van der Waals surface area contributed by atoms with Crippen LogP contribution in [0.4, 0.5) is 0 Å². The number of hydrogen-bond donors (Lipinski definition) is 1. The molecule has 2 fully saturated rings. The summed E-state index contributed by atoms with van der Waals surface area (Å²) in [7, 11) is 0. The second kappa shape index (κ2) is 5.83. The van der Waals surface area contributed by atoms with Crippen molar-refractivity contribution in [3.05, 3.63) is 0 Å². The first kappa shape index (κ1) is 14.2. The highest BCUT2D eigenvalue weighted by Crippen LogP contribution is 2.32. The quantitative estimate of drug-likeness (QED) is 0.855. The average molecular weight is 270 g/mol. The lowest BCUT2D eigenvalue weighted by molar-refractivity contribution is -0.133. The summed E-state index contributed by atoms with van der Waals surface area (Å²) in [6.45, 7) is 6.37. The van der Waals surface area contributed by atoms with Crippen LogP contribution in [0.2, 0.25) is 0 Å². The second-order valence-electron chi connectivity index (χ2n) is 5.99. The fourth-order valence-electron chi connectivity index (χ4n) is 3.32. The molecule has 4 heteroatoms. The van der Waals surface area contributed by atoms with Gasteiger partial charge in [0.25, 0.3) is 0 Å². The molecule has 0 aromatic heterocycles. The molecule has 1 saturated heterocycles. The van der Waals surface area contributed by atoms with Gasteiger partial charge in [-0.1, -0.05) is 20.3 Å². The van der Waals surface area contributed by atoms with Crippen molar-refractivity contribution in [2.24, 2.45) is 5.92 Å². The number of carbonyl (C=O) groups excluding carboxylic acids is 1. The van der Waals surface area contributed by atoms with Crippen LogP contribution in [0.15, 0.2) is 0 Å². The lowest BCUT2D eigenvalue weighted by Crippen LogP contribution is -2.45. The summed E-state index contributed by atoms with van der Waals surface area (Å²) in [5.74, 6) is 0.703.